The zero-order chi connectivity index (χ0) is 17.2. The Morgan fingerprint density at radius 2 is 2.04 bits per heavy atom. The number of carbonyl (C=O) groups is 1. The third kappa shape index (κ3) is 3.27. The zero-order valence-corrected chi connectivity index (χ0v) is 14.9. The Kier molecular flexibility index (Phi) is 5.15. The summed E-state index contributed by atoms with van der Waals surface area (Å²) in [5, 5.41) is 0. The Hall–Kier alpha value is -1.81. The Morgan fingerprint density at radius 3 is 2.65 bits per heavy atom. The zero-order valence-electron chi connectivity index (χ0n) is 14.9. The van der Waals surface area contributed by atoms with Gasteiger partial charge in [-0.25, -0.2) is 5.84 Å². The van der Waals surface area contributed by atoms with Crippen molar-refractivity contribution in [1.82, 2.24) is 5.43 Å². The number of nitrogens with two attached hydrogens (primary N) is 1. The van der Waals surface area contributed by atoms with Crippen molar-refractivity contribution >= 4 is 17.2 Å². The number of amides is 1. The Morgan fingerprint density at radius 1 is 1.35 bits per heavy atom. The fraction of sp³-hybridized carbons (Fsp3) is 0.526. The van der Waals surface area contributed by atoms with Crippen molar-refractivity contribution < 1.29 is 4.79 Å². The molecule has 4 heteroatoms. The van der Waals surface area contributed by atoms with E-state index < -0.39 is 0 Å². The van der Waals surface area contributed by atoms with Gasteiger partial charge in [0.1, 0.15) is 6.04 Å². The van der Waals surface area contributed by atoms with E-state index >= 15 is 0 Å². The van der Waals surface area contributed by atoms with Gasteiger partial charge in [-0.3, -0.25) is 10.2 Å². The average molecular weight is 315 g/mol. The monoisotopic (exact) mass is 315 g/mol. The average Bonchev–Trinajstić information content (AvgIpc) is 2.49. The summed E-state index contributed by atoms with van der Waals surface area (Å²) in [6.45, 7) is 10.7. The van der Waals surface area contributed by atoms with Gasteiger partial charge in [-0.15, -0.1) is 0 Å². The predicted octanol–water partition coefficient (Wildman–Crippen LogP) is 3.55. The minimum Gasteiger partial charge on any atom is -0.350 e. The van der Waals surface area contributed by atoms with Crippen LogP contribution in [0.1, 0.15) is 58.1 Å². The summed E-state index contributed by atoms with van der Waals surface area (Å²) in [5.41, 5.74) is 6.93. The molecule has 1 aromatic rings. The third-order valence-corrected chi connectivity index (χ3v) is 4.68. The molecule has 1 heterocycles. The summed E-state index contributed by atoms with van der Waals surface area (Å²) < 4.78 is 0. The van der Waals surface area contributed by atoms with E-state index in [0.717, 1.165) is 24.9 Å². The number of anilines is 1. The van der Waals surface area contributed by atoms with Crippen molar-refractivity contribution in [2.24, 2.45) is 5.84 Å². The first-order valence-corrected chi connectivity index (χ1v) is 8.42. The van der Waals surface area contributed by atoms with Crippen LogP contribution in [0.2, 0.25) is 0 Å². The quantitative estimate of drug-likeness (QED) is 0.496. The number of hydrazine groups is 1. The van der Waals surface area contributed by atoms with E-state index in [0.29, 0.717) is 0 Å². The van der Waals surface area contributed by atoms with Gasteiger partial charge in [-0.2, -0.15) is 0 Å². The fourth-order valence-electron chi connectivity index (χ4n) is 3.69. The van der Waals surface area contributed by atoms with Gasteiger partial charge in [0.2, 0.25) is 0 Å². The third-order valence-electron chi connectivity index (χ3n) is 4.68. The first-order valence-electron chi connectivity index (χ1n) is 8.42. The second kappa shape index (κ2) is 6.75. The minimum absolute atomic E-state index is 0.117. The normalized spacial score (nSPS) is 17.3. The standard InChI is InChI=1S/C19H29N3O/c1-6-7-11-16(18(23)21-20)22-17-13(2)9-8-10-15(17)14(3)12-19(22,4)5/h8-10,12,16H,6-7,11,20H2,1-5H3,(H,21,23). The maximum atomic E-state index is 12.5. The molecule has 2 rings (SSSR count). The van der Waals surface area contributed by atoms with Gasteiger partial charge in [-0.1, -0.05) is 44.0 Å². The molecular formula is C19H29N3O. The maximum Gasteiger partial charge on any atom is 0.256 e. The molecule has 0 saturated heterocycles. The molecular weight excluding hydrogens is 286 g/mol. The van der Waals surface area contributed by atoms with Crippen molar-refractivity contribution in [3.63, 3.8) is 0 Å². The van der Waals surface area contributed by atoms with Crippen LogP contribution < -0.4 is 16.2 Å². The number of carbonyl (C=O) groups excluding carboxylic acids is 1. The smallest absolute Gasteiger partial charge is 0.256 e. The van der Waals surface area contributed by atoms with Gasteiger partial charge in [0.15, 0.2) is 0 Å². The second-order valence-corrected chi connectivity index (χ2v) is 6.99. The lowest BCUT2D eigenvalue weighted by Crippen LogP contribution is -2.58. The topological polar surface area (TPSA) is 58.4 Å². The number of allylic oxidation sites excluding steroid dienone is 1. The van der Waals surface area contributed by atoms with E-state index in [2.05, 4.69) is 69.2 Å². The lowest BCUT2D eigenvalue weighted by molar-refractivity contribution is -0.122. The van der Waals surface area contributed by atoms with Crippen LogP contribution in [0.5, 0.6) is 0 Å². The van der Waals surface area contributed by atoms with Crippen molar-refractivity contribution in [1.29, 1.82) is 0 Å². The van der Waals surface area contributed by atoms with Crippen LogP contribution in [0.3, 0.4) is 0 Å². The SMILES string of the molecule is CCCCC(C(=O)NN)N1c2c(C)cccc2C(C)=CC1(C)C. The Balaban J connectivity index is 2.60. The Labute approximate surface area is 139 Å². The first-order chi connectivity index (χ1) is 10.8. The molecule has 3 N–H and O–H groups in total. The summed E-state index contributed by atoms with van der Waals surface area (Å²) in [5.74, 6) is 5.37. The van der Waals surface area contributed by atoms with Crippen molar-refractivity contribution in [2.45, 2.75) is 65.5 Å². The number of hydrogen-bond acceptors (Lipinski definition) is 3. The molecule has 0 fully saturated rings. The van der Waals surface area contributed by atoms with Crippen LogP contribution in [0.25, 0.3) is 5.57 Å². The Bertz CT molecular complexity index is 619. The number of unbranched alkanes of at least 4 members (excludes halogenated alkanes) is 1. The number of benzene rings is 1. The lowest BCUT2D eigenvalue weighted by Gasteiger charge is -2.47. The summed E-state index contributed by atoms with van der Waals surface area (Å²) in [7, 11) is 0. The van der Waals surface area contributed by atoms with Crippen molar-refractivity contribution in [2.75, 3.05) is 4.90 Å². The molecule has 1 aliphatic heterocycles. The summed E-state index contributed by atoms with van der Waals surface area (Å²) >= 11 is 0. The molecule has 1 amide bonds. The summed E-state index contributed by atoms with van der Waals surface area (Å²) in [6.07, 6.45) is 5.09. The highest BCUT2D eigenvalue weighted by molar-refractivity contribution is 5.90. The highest BCUT2D eigenvalue weighted by Crippen LogP contribution is 2.42. The second-order valence-electron chi connectivity index (χ2n) is 6.99. The van der Waals surface area contributed by atoms with Crippen LogP contribution in [-0.4, -0.2) is 17.5 Å². The van der Waals surface area contributed by atoms with Crippen LogP contribution in [0.4, 0.5) is 5.69 Å². The lowest BCUT2D eigenvalue weighted by atomic mass is 9.85. The molecule has 0 saturated carbocycles. The van der Waals surface area contributed by atoms with Crippen LogP contribution >= 0.6 is 0 Å². The van der Waals surface area contributed by atoms with E-state index in [1.165, 1.54) is 16.7 Å². The van der Waals surface area contributed by atoms with Gasteiger partial charge in [0.25, 0.3) is 5.91 Å². The first kappa shape index (κ1) is 17.5. The largest absolute Gasteiger partial charge is 0.350 e. The minimum atomic E-state index is -0.265. The van der Waals surface area contributed by atoms with Gasteiger partial charge >= 0.3 is 0 Å². The number of fused-ring (bicyclic) bond motifs is 1. The van der Waals surface area contributed by atoms with E-state index in [4.69, 9.17) is 5.84 Å². The summed E-state index contributed by atoms with van der Waals surface area (Å²) in [4.78, 5) is 14.8. The highest BCUT2D eigenvalue weighted by Gasteiger charge is 2.39. The van der Waals surface area contributed by atoms with E-state index in [9.17, 15) is 4.79 Å². The van der Waals surface area contributed by atoms with Gasteiger partial charge in [0.05, 0.1) is 5.54 Å². The number of hydrogen-bond donors (Lipinski definition) is 2. The van der Waals surface area contributed by atoms with Crippen LogP contribution in [-0.2, 0) is 4.79 Å². The van der Waals surface area contributed by atoms with E-state index in [-0.39, 0.29) is 17.5 Å². The van der Waals surface area contributed by atoms with Gasteiger partial charge < -0.3 is 4.90 Å². The molecule has 0 bridgehead atoms. The number of para-hydroxylation sites is 1. The molecule has 126 valence electrons. The van der Waals surface area contributed by atoms with Crippen molar-refractivity contribution in [3.05, 3.63) is 35.4 Å². The highest BCUT2D eigenvalue weighted by atomic mass is 16.2. The molecule has 4 nitrogen and oxygen atoms in total. The van der Waals surface area contributed by atoms with Crippen LogP contribution in [0, 0.1) is 6.92 Å². The number of nitrogens with one attached hydrogen (secondary N) is 1. The molecule has 0 radical (unpaired) electrons. The maximum absolute atomic E-state index is 12.5. The molecule has 23 heavy (non-hydrogen) atoms. The molecule has 1 unspecified atom stereocenters. The predicted molar refractivity (Wildman–Crippen MR) is 97.0 cm³/mol. The van der Waals surface area contributed by atoms with E-state index in [1.807, 2.05) is 0 Å². The molecule has 1 aromatic carbocycles. The fourth-order valence-corrected chi connectivity index (χ4v) is 3.69. The molecule has 1 atom stereocenters. The van der Waals surface area contributed by atoms with Crippen molar-refractivity contribution in [3.8, 4) is 0 Å². The number of aryl methyl sites for hydroxylation is 1. The summed E-state index contributed by atoms with van der Waals surface area (Å²) in [6, 6.07) is 6.05. The van der Waals surface area contributed by atoms with Gasteiger partial charge in [0, 0.05) is 11.3 Å². The molecule has 0 spiro atoms. The van der Waals surface area contributed by atoms with Gasteiger partial charge in [-0.05, 0) is 45.3 Å². The molecule has 0 aromatic heterocycles. The number of nitrogens with zero attached hydrogens (tertiary/aromatic N) is 1. The van der Waals surface area contributed by atoms with E-state index in [1.54, 1.807) is 0 Å². The molecule has 0 aliphatic carbocycles. The van der Waals surface area contributed by atoms with Crippen LogP contribution in [0.15, 0.2) is 24.3 Å². The molecule has 1 aliphatic rings. The number of rotatable bonds is 5.